The van der Waals surface area contributed by atoms with Crippen LogP contribution in [-0.4, -0.2) is 33.8 Å². The zero-order valence-corrected chi connectivity index (χ0v) is 21.4. The van der Waals surface area contributed by atoms with E-state index in [1.807, 2.05) is 25.1 Å². The Hall–Kier alpha value is -5.03. The number of hydrogen-bond acceptors (Lipinski definition) is 9. The van der Waals surface area contributed by atoms with Crippen molar-refractivity contribution < 1.29 is 28.8 Å². The quantitative estimate of drug-likeness (QED) is 0.156. The Kier molecular flexibility index (Phi) is 5.65. The van der Waals surface area contributed by atoms with Crippen molar-refractivity contribution in [2.45, 2.75) is 13.0 Å². The molecule has 0 fully saturated rings. The fraction of sp³-hybridized carbons (Fsp3) is 0.107. The molecule has 0 bridgehead atoms. The number of carbonyl (C=O) groups excluding carboxylic acids is 2. The number of nitro benzene ring substituents is 1. The van der Waals surface area contributed by atoms with Crippen molar-refractivity contribution in [2.75, 3.05) is 12.0 Å². The zero-order valence-electron chi connectivity index (χ0n) is 20.6. The number of furan rings is 1. The molecule has 1 aliphatic heterocycles. The number of amides is 1. The van der Waals surface area contributed by atoms with E-state index < -0.39 is 28.4 Å². The number of Topliss-reactive ketones (excluding diaryl/α,β-unsaturated/α-hetero) is 1. The molecule has 5 aromatic rings. The van der Waals surface area contributed by atoms with Crippen LogP contribution in [0.4, 0.5) is 10.8 Å². The molecule has 1 aliphatic rings. The van der Waals surface area contributed by atoms with Gasteiger partial charge in [0, 0.05) is 17.5 Å². The Morgan fingerprint density at radius 3 is 2.72 bits per heavy atom. The van der Waals surface area contributed by atoms with Crippen LogP contribution in [0.1, 0.15) is 27.7 Å². The van der Waals surface area contributed by atoms with Crippen LogP contribution in [0.3, 0.4) is 0 Å². The largest absolute Gasteiger partial charge is 0.503 e. The molecule has 194 valence electrons. The van der Waals surface area contributed by atoms with E-state index in [-0.39, 0.29) is 27.7 Å². The minimum atomic E-state index is -1.19. The van der Waals surface area contributed by atoms with Crippen molar-refractivity contribution in [3.05, 3.63) is 105 Å². The lowest BCUT2D eigenvalue weighted by molar-refractivity contribution is -0.384. The Balaban J connectivity index is 1.53. The van der Waals surface area contributed by atoms with Gasteiger partial charge >= 0.3 is 0 Å². The number of nitro groups is 1. The molecular formula is C28H19N3O7S. The van der Waals surface area contributed by atoms with Gasteiger partial charge in [0.25, 0.3) is 11.6 Å². The number of carbonyl (C=O) groups is 2. The number of rotatable bonds is 6. The average Bonchev–Trinajstić information content (AvgIpc) is 3.62. The Labute approximate surface area is 224 Å². The third-order valence-electron chi connectivity index (χ3n) is 6.54. The maximum atomic E-state index is 13.9. The monoisotopic (exact) mass is 541 g/mol. The highest BCUT2D eigenvalue weighted by Crippen LogP contribution is 2.45. The van der Waals surface area contributed by atoms with Crippen LogP contribution >= 0.6 is 11.3 Å². The second-order valence-corrected chi connectivity index (χ2v) is 9.99. The molecule has 11 heteroatoms. The smallest absolute Gasteiger partial charge is 0.296 e. The fourth-order valence-electron chi connectivity index (χ4n) is 4.72. The molecular weight excluding hydrogens is 522 g/mol. The molecule has 39 heavy (non-hydrogen) atoms. The molecule has 0 spiro atoms. The summed E-state index contributed by atoms with van der Waals surface area (Å²) in [5, 5.41) is 23.4. The number of ether oxygens (including phenoxy) is 1. The SMILES string of the molecule is COc1cccc2cc(C(=O)C3=C(O)C(=O)N(c4nc5ccc(C)cc5s4)C3c3cccc([N+](=O)[O-])c3)oc12. The first kappa shape index (κ1) is 24.3. The highest BCUT2D eigenvalue weighted by Gasteiger charge is 2.47. The van der Waals surface area contributed by atoms with Crippen molar-refractivity contribution in [3.8, 4) is 5.75 Å². The van der Waals surface area contributed by atoms with E-state index in [0.29, 0.717) is 22.2 Å². The molecule has 10 nitrogen and oxygen atoms in total. The van der Waals surface area contributed by atoms with Gasteiger partial charge in [0.05, 0.1) is 33.9 Å². The third kappa shape index (κ3) is 3.91. The van der Waals surface area contributed by atoms with Gasteiger partial charge in [0.1, 0.15) is 0 Å². The van der Waals surface area contributed by atoms with Gasteiger partial charge in [0.2, 0.25) is 5.78 Å². The van der Waals surface area contributed by atoms with Crippen molar-refractivity contribution >= 4 is 55.0 Å². The summed E-state index contributed by atoms with van der Waals surface area (Å²) in [5.41, 5.74) is 1.72. The first-order valence-corrected chi connectivity index (χ1v) is 12.6. The molecule has 0 radical (unpaired) electrons. The predicted octanol–water partition coefficient (Wildman–Crippen LogP) is 6.05. The summed E-state index contributed by atoms with van der Waals surface area (Å²) in [6.45, 7) is 1.93. The molecule has 2 aromatic heterocycles. The van der Waals surface area contributed by atoms with E-state index >= 15 is 0 Å². The molecule has 1 unspecified atom stereocenters. The summed E-state index contributed by atoms with van der Waals surface area (Å²) in [5.74, 6) is -2.08. The van der Waals surface area contributed by atoms with Crippen molar-refractivity contribution in [1.29, 1.82) is 0 Å². The number of ketones is 1. The summed E-state index contributed by atoms with van der Waals surface area (Å²) in [4.78, 5) is 44.2. The Morgan fingerprint density at radius 1 is 1.15 bits per heavy atom. The zero-order chi connectivity index (χ0) is 27.4. The van der Waals surface area contributed by atoms with Crippen molar-refractivity contribution in [1.82, 2.24) is 4.98 Å². The number of aliphatic hydroxyl groups is 1. The highest BCUT2D eigenvalue weighted by atomic mass is 32.1. The lowest BCUT2D eigenvalue weighted by atomic mass is 9.95. The molecule has 0 saturated heterocycles. The van der Waals surface area contributed by atoms with Gasteiger partial charge in [-0.1, -0.05) is 41.7 Å². The van der Waals surface area contributed by atoms with Gasteiger partial charge in [0.15, 0.2) is 28.0 Å². The lowest BCUT2D eigenvalue weighted by Gasteiger charge is -2.24. The molecule has 6 rings (SSSR count). The minimum absolute atomic E-state index is 0.124. The van der Waals surface area contributed by atoms with Crippen LogP contribution in [0.5, 0.6) is 5.75 Å². The predicted molar refractivity (Wildman–Crippen MR) is 144 cm³/mol. The maximum Gasteiger partial charge on any atom is 0.296 e. The van der Waals surface area contributed by atoms with Gasteiger partial charge in [-0.15, -0.1) is 0 Å². The summed E-state index contributed by atoms with van der Waals surface area (Å²) in [7, 11) is 1.47. The first-order chi connectivity index (χ1) is 18.8. The topological polar surface area (TPSA) is 136 Å². The number of benzene rings is 3. The third-order valence-corrected chi connectivity index (χ3v) is 7.56. The lowest BCUT2D eigenvalue weighted by Crippen LogP contribution is -2.31. The van der Waals surface area contributed by atoms with E-state index in [2.05, 4.69) is 4.98 Å². The van der Waals surface area contributed by atoms with Crippen LogP contribution in [0.25, 0.3) is 21.2 Å². The van der Waals surface area contributed by atoms with Crippen LogP contribution < -0.4 is 9.64 Å². The van der Waals surface area contributed by atoms with Gasteiger partial charge in [-0.05, 0) is 42.3 Å². The molecule has 0 aliphatic carbocycles. The summed E-state index contributed by atoms with van der Waals surface area (Å²) in [6, 6.07) is 16.7. The number of anilines is 1. The van der Waals surface area contributed by atoms with Crippen molar-refractivity contribution in [2.24, 2.45) is 0 Å². The normalized spacial score (nSPS) is 15.5. The molecule has 1 atom stereocenters. The van der Waals surface area contributed by atoms with E-state index in [1.54, 1.807) is 24.3 Å². The van der Waals surface area contributed by atoms with Gasteiger partial charge < -0.3 is 14.3 Å². The van der Waals surface area contributed by atoms with E-state index in [1.165, 1.54) is 47.6 Å². The number of aliphatic hydroxyl groups excluding tert-OH is 1. The number of thiazole rings is 1. The number of methoxy groups -OCH3 is 1. The Morgan fingerprint density at radius 2 is 1.95 bits per heavy atom. The second kappa shape index (κ2) is 9.07. The van der Waals surface area contributed by atoms with Crippen molar-refractivity contribution in [3.63, 3.8) is 0 Å². The fourth-order valence-corrected chi connectivity index (χ4v) is 5.81. The summed E-state index contributed by atoms with van der Waals surface area (Å²) < 4.78 is 12.0. The van der Waals surface area contributed by atoms with Crippen LogP contribution in [-0.2, 0) is 4.79 Å². The van der Waals surface area contributed by atoms with E-state index in [9.17, 15) is 24.8 Å². The standard InChI is InChI=1S/C28H19N3O7S/c1-14-9-10-18-21(11-14)39-28(29-18)30-23(15-5-3-7-17(12-15)31(35)36)22(25(33)27(30)34)24(32)20-13-16-6-4-8-19(37-2)26(16)38-20/h3-13,23,33H,1-2H3. The van der Waals surface area contributed by atoms with E-state index in [0.717, 1.165) is 10.3 Å². The molecule has 1 amide bonds. The van der Waals surface area contributed by atoms with Gasteiger partial charge in [-0.25, -0.2) is 4.98 Å². The van der Waals surface area contributed by atoms with Gasteiger partial charge in [-0.2, -0.15) is 0 Å². The van der Waals surface area contributed by atoms with E-state index in [4.69, 9.17) is 9.15 Å². The number of non-ortho nitro benzene ring substituents is 1. The second-order valence-electron chi connectivity index (χ2n) is 8.98. The van der Waals surface area contributed by atoms with Crippen LogP contribution in [0, 0.1) is 17.0 Å². The number of aryl methyl sites for hydroxylation is 1. The first-order valence-electron chi connectivity index (χ1n) is 11.8. The van der Waals surface area contributed by atoms with Crippen LogP contribution in [0.2, 0.25) is 0 Å². The van der Waals surface area contributed by atoms with Crippen LogP contribution in [0.15, 0.2) is 82.5 Å². The molecule has 3 aromatic carbocycles. The van der Waals surface area contributed by atoms with Gasteiger partial charge in [-0.3, -0.25) is 24.6 Å². The number of nitrogens with zero attached hydrogens (tertiary/aromatic N) is 3. The minimum Gasteiger partial charge on any atom is -0.503 e. The Bertz CT molecular complexity index is 1870. The number of para-hydroxylation sites is 1. The molecule has 1 N–H and O–H groups in total. The number of aromatic nitrogens is 1. The number of fused-ring (bicyclic) bond motifs is 2. The highest BCUT2D eigenvalue weighted by molar-refractivity contribution is 7.22. The summed E-state index contributed by atoms with van der Waals surface area (Å²) in [6.07, 6.45) is 0. The summed E-state index contributed by atoms with van der Waals surface area (Å²) >= 11 is 1.21. The number of hydrogen-bond donors (Lipinski definition) is 1. The molecule has 0 saturated carbocycles. The maximum absolute atomic E-state index is 13.9. The molecule has 3 heterocycles. The average molecular weight is 542 g/mol.